The number of piperidine rings is 1. The van der Waals surface area contributed by atoms with E-state index in [0.717, 1.165) is 21.8 Å². The van der Waals surface area contributed by atoms with Crippen molar-refractivity contribution in [1.29, 1.82) is 0 Å². The predicted octanol–water partition coefficient (Wildman–Crippen LogP) is 3.60. The minimum Gasteiger partial charge on any atom is -0.495 e. The molecule has 3 nitrogen and oxygen atoms in total. The van der Waals surface area contributed by atoms with Crippen LogP contribution in [-0.4, -0.2) is 38.2 Å². The summed E-state index contributed by atoms with van der Waals surface area (Å²) in [5, 5.41) is 3.61. The van der Waals surface area contributed by atoms with Crippen LogP contribution in [0.3, 0.4) is 0 Å². The summed E-state index contributed by atoms with van der Waals surface area (Å²) in [5.41, 5.74) is 1.07. The second kappa shape index (κ2) is 6.62. The molecule has 1 heterocycles. The Balaban J connectivity index is 2.02. The number of ether oxygens (including phenoxy) is 1. The maximum Gasteiger partial charge on any atom is 0.142 e. The second-order valence-corrected chi connectivity index (χ2v) is 6.33. The second-order valence-electron chi connectivity index (χ2n) is 5.42. The molecule has 0 amide bonds. The topological polar surface area (TPSA) is 24.5 Å². The van der Waals surface area contributed by atoms with Gasteiger partial charge in [-0.15, -0.1) is 0 Å². The van der Waals surface area contributed by atoms with Gasteiger partial charge in [0.15, 0.2) is 0 Å². The summed E-state index contributed by atoms with van der Waals surface area (Å²) >= 11 is 3.52. The van der Waals surface area contributed by atoms with Gasteiger partial charge in [0.25, 0.3) is 0 Å². The van der Waals surface area contributed by atoms with Gasteiger partial charge >= 0.3 is 0 Å². The number of anilines is 1. The lowest BCUT2D eigenvalue weighted by Crippen LogP contribution is -2.37. The van der Waals surface area contributed by atoms with Crippen molar-refractivity contribution in [2.24, 2.45) is 5.92 Å². The summed E-state index contributed by atoms with van der Waals surface area (Å²) in [4.78, 5) is 2.41. The third-order valence-corrected chi connectivity index (χ3v) is 4.51. The van der Waals surface area contributed by atoms with Gasteiger partial charge in [-0.3, -0.25) is 0 Å². The molecule has 1 aromatic rings. The lowest BCUT2D eigenvalue weighted by atomic mass is 9.90. The predicted molar refractivity (Wildman–Crippen MR) is 84.0 cm³/mol. The minimum absolute atomic E-state index is 0.469. The quantitative estimate of drug-likeness (QED) is 0.914. The first kappa shape index (κ1) is 14.7. The number of hydrogen-bond donors (Lipinski definition) is 1. The van der Waals surface area contributed by atoms with Gasteiger partial charge in [-0.25, -0.2) is 0 Å². The standard InChI is InChI=1S/C15H23BrN2O/c1-11(12-6-8-18(2)9-7-12)17-14-10-13(16)4-5-15(14)19-3/h4-5,10-12,17H,6-9H2,1-3H3. The molecule has 2 rings (SSSR count). The normalized spacial score (nSPS) is 19.2. The first-order valence-corrected chi connectivity index (χ1v) is 7.68. The van der Waals surface area contributed by atoms with Gasteiger partial charge in [-0.2, -0.15) is 0 Å². The fourth-order valence-electron chi connectivity index (χ4n) is 2.68. The molecule has 0 radical (unpaired) electrons. The van der Waals surface area contributed by atoms with E-state index < -0.39 is 0 Å². The molecule has 1 fully saturated rings. The molecule has 0 spiro atoms. The molecule has 1 atom stereocenters. The summed E-state index contributed by atoms with van der Waals surface area (Å²) in [7, 11) is 3.92. The Morgan fingerprint density at radius 3 is 2.68 bits per heavy atom. The van der Waals surface area contributed by atoms with Crippen LogP contribution in [0.4, 0.5) is 5.69 Å². The molecule has 19 heavy (non-hydrogen) atoms. The van der Waals surface area contributed by atoms with Crippen molar-refractivity contribution >= 4 is 21.6 Å². The molecule has 1 aromatic carbocycles. The van der Waals surface area contributed by atoms with E-state index in [0.29, 0.717) is 6.04 Å². The molecule has 1 aliphatic rings. The Hall–Kier alpha value is -0.740. The van der Waals surface area contributed by atoms with Crippen LogP contribution in [0, 0.1) is 5.92 Å². The number of likely N-dealkylation sites (tertiary alicyclic amines) is 1. The molecule has 106 valence electrons. The van der Waals surface area contributed by atoms with Crippen molar-refractivity contribution in [3.05, 3.63) is 22.7 Å². The van der Waals surface area contributed by atoms with Crippen LogP contribution in [-0.2, 0) is 0 Å². The van der Waals surface area contributed by atoms with Crippen molar-refractivity contribution in [1.82, 2.24) is 4.90 Å². The zero-order chi connectivity index (χ0) is 13.8. The molecule has 4 heteroatoms. The van der Waals surface area contributed by atoms with Gasteiger partial charge in [0, 0.05) is 10.5 Å². The zero-order valence-corrected chi connectivity index (χ0v) is 13.5. The summed E-state index contributed by atoms with van der Waals surface area (Å²) in [6, 6.07) is 6.55. The first-order chi connectivity index (χ1) is 9.10. The molecule has 0 aliphatic carbocycles. The number of nitrogens with one attached hydrogen (secondary N) is 1. The highest BCUT2D eigenvalue weighted by atomic mass is 79.9. The van der Waals surface area contributed by atoms with Crippen molar-refractivity contribution in [3.63, 3.8) is 0 Å². The number of halogens is 1. The highest BCUT2D eigenvalue weighted by Gasteiger charge is 2.22. The fourth-order valence-corrected chi connectivity index (χ4v) is 3.05. The van der Waals surface area contributed by atoms with E-state index in [9.17, 15) is 0 Å². The number of nitrogens with zero attached hydrogens (tertiary/aromatic N) is 1. The van der Waals surface area contributed by atoms with Gasteiger partial charge in [-0.05, 0) is 64.0 Å². The summed E-state index contributed by atoms with van der Waals surface area (Å²) in [6.07, 6.45) is 2.53. The van der Waals surface area contributed by atoms with Crippen LogP contribution in [0.5, 0.6) is 5.75 Å². The smallest absolute Gasteiger partial charge is 0.142 e. The molecular formula is C15H23BrN2O. The van der Waals surface area contributed by atoms with E-state index in [-0.39, 0.29) is 0 Å². The highest BCUT2D eigenvalue weighted by molar-refractivity contribution is 9.10. The van der Waals surface area contributed by atoms with Gasteiger partial charge in [-0.1, -0.05) is 15.9 Å². The van der Waals surface area contributed by atoms with Gasteiger partial charge in [0.1, 0.15) is 5.75 Å². The summed E-state index contributed by atoms with van der Waals surface area (Å²) < 4.78 is 6.49. The average molecular weight is 327 g/mol. The van der Waals surface area contributed by atoms with Crippen LogP contribution < -0.4 is 10.1 Å². The van der Waals surface area contributed by atoms with Crippen LogP contribution in [0.25, 0.3) is 0 Å². The Bertz CT molecular complexity index is 417. The molecule has 1 aliphatic heterocycles. The van der Waals surface area contributed by atoms with Crippen LogP contribution in [0.15, 0.2) is 22.7 Å². The van der Waals surface area contributed by atoms with Gasteiger partial charge < -0.3 is 15.0 Å². The van der Waals surface area contributed by atoms with E-state index in [4.69, 9.17) is 4.74 Å². The average Bonchev–Trinajstić information content (AvgIpc) is 2.39. The van der Waals surface area contributed by atoms with E-state index in [1.54, 1.807) is 7.11 Å². The largest absolute Gasteiger partial charge is 0.495 e. The lowest BCUT2D eigenvalue weighted by molar-refractivity contribution is 0.208. The molecule has 0 saturated carbocycles. The number of hydrogen-bond acceptors (Lipinski definition) is 3. The Labute approximate surface area is 124 Å². The van der Waals surface area contributed by atoms with Crippen molar-refractivity contribution < 1.29 is 4.74 Å². The molecule has 1 saturated heterocycles. The highest BCUT2D eigenvalue weighted by Crippen LogP contribution is 2.30. The lowest BCUT2D eigenvalue weighted by Gasteiger charge is -2.33. The maximum atomic E-state index is 5.41. The SMILES string of the molecule is COc1ccc(Br)cc1NC(C)C1CCN(C)CC1. The van der Waals surface area contributed by atoms with E-state index in [2.05, 4.69) is 46.2 Å². The Morgan fingerprint density at radius 2 is 2.05 bits per heavy atom. The van der Waals surface area contributed by atoms with E-state index in [1.807, 2.05) is 12.1 Å². The third kappa shape index (κ3) is 3.86. The van der Waals surface area contributed by atoms with Crippen molar-refractivity contribution in [3.8, 4) is 5.75 Å². The van der Waals surface area contributed by atoms with E-state index in [1.165, 1.54) is 25.9 Å². The van der Waals surface area contributed by atoms with Gasteiger partial charge in [0.2, 0.25) is 0 Å². The van der Waals surface area contributed by atoms with E-state index >= 15 is 0 Å². The number of rotatable bonds is 4. The zero-order valence-electron chi connectivity index (χ0n) is 11.9. The van der Waals surface area contributed by atoms with Crippen molar-refractivity contribution in [2.75, 3.05) is 32.6 Å². The first-order valence-electron chi connectivity index (χ1n) is 6.88. The molecule has 1 N–H and O–H groups in total. The molecule has 0 bridgehead atoms. The third-order valence-electron chi connectivity index (χ3n) is 4.02. The Morgan fingerprint density at radius 1 is 1.37 bits per heavy atom. The van der Waals surface area contributed by atoms with Crippen LogP contribution >= 0.6 is 15.9 Å². The fraction of sp³-hybridized carbons (Fsp3) is 0.600. The van der Waals surface area contributed by atoms with Gasteiger partial charge in [0.05, 0.1) is 12.8 Å². The Kier molecular flexibility index (Phi) is 5.11. The summed E-state index contributed by atoms with van der Waals surface area (Å²) in [6.45, 7) is 4.68. The summed E-state index contributed by atoms with van der Waals surface area (Å²) in [5.74, 6) is 1.64. The van der Waals surface area contributed by atoms with Crippen molar-refractivity contribution in [2.45, 2.75) is 25.8 Å². The molecule has 0 aromatic heterocycles. The maximum absolute atomic E-state index is 5.41. The number of methoxy groups -OCH3 is 1. The number of benzene rings is 1. The molecular weight excluding hydrogens is 304 g/mol. The monoisotopic (exact) mass is 326 g/mol. The molecule has 1 unspecified atom stereocenters. The minimum atomic E-state index is 0.469. The van der Waals surface area contributed by atoms with Crippen LogP contribution in [0.1, 0.15) is 19.8 Å². The van der Waals surface area contributed by atoms with Crippen LogP contribution in [0.2, 0.25) is 0 Å².